The van der Waals surface area contributed by atoms with Gasteiger partial charge >= 0.3 is 0 Å². The summed E-state index contributed by atoms with van der Waals surface area (Å²) in [5, 5.41) is 5.94. The highest BCUT2D eigenvalue weighted by Gasteiger charge is 2.13. The van der Waals surface area contributed by atoms with Gasteiger partial charge in [0, 0.05) is 28.3 Å². The molecule has 4 aromatic carbocycles. The molecule has 0 unspecified atom stereocenters. The summed E-state index contributed by atoms with van der Waals surface area (Å²) >= 11 is 3.21. The molecule has 41 heavy (non-hydrogen) atoms. The highest BCUT2D eigenvalue weighted by Crippen LogP contribution is 2.33. The number of carbonyl (C=O) groups is 2. The predicted octanol–water partition coefficient (Wildman–Crippen LogP) is 7.73. The van der Waals surface area contributed by atoms with Crippen LogP contribution in [0, 0.1) is 13.8 Å². The average Bonchev–Trinajstić information content (AvgIpc) is 3.39. The first-order valence-corrected chi connectivity index (χ1v) is 14.7. The van der Waals surface area contributed by atoms with Crippen LogP contribution in [-0.4, -0.2) is 31.0 Å². The van der Waals surface area contributed by atoms with Crippen LogP contribution in [0.1, 0.15) is 37.4 Å². The van der Waals surface area contributed by atoms with Crippen LogP contribution >= 0.6 is 23.1 Å². The minimum atomic E-state index is -0.240. The number of fused-ring (bicyclic) bond motifs is 1. The Kier molecular flexibility index (Phi) is 8.56. The third-order valence-corrected chi connectivity index (χ3v) is 8.71. The molecule has 2 amide bonds. The summed E-state index contributed by atoms with van der Waals surface area (Å²) in [4.78, 5) is 30.3. The molecule has 1 aromatic heterocycles. The lowest BCUT2D eigenvalue weighted by Crippen LogP contribution is -2.12. The van der Waals surface area contributed by atoms with E-state index in [1.54, 1.807) is 48.4 Å². The van der Waals surface area contributed by atoms with E-state index in [0.29, 0.717) is 28.3 Å². The number of hydrogen-bond donors (Lipinski definition) is 2. The summed E-state index contributed by atoms with van der Waals surface area (Å²) in [6, 6.07) is 24.3. The monoisotopic (exact) mass is 583 g/mol. The Morgan fingerprint density at radius 1 is 0.805 bits per heavy atom. The van der Waals surface area contributed by atoms with E-state index >= 15 is 0 Å². The van der Waals surface area contributed by atoms with Crippen molar-refractivity contribution in [3.8, 4) is 11.5 Å². The van der Waals surface area contributed by atoms with Gasteiger partial charge in [-0.3, -0.25) is 9.59 Å². The molecule has 1 heterocycles. The van der Waals surface area contributed by atoms with Gasteiger partial charge in [-0.25, -0.2) is 4.98 Å². The second-order valence-corrected chi connectivity index (χ2v) is 11.7. The molecule has 0 saturated heterocycles. The quantitative estimate of drug-likeness (QED) is 0.173. The lowest BCUT2D eigenvalue weighted by Gasteiger charge is -2.10. The molecule has 2 N–H and O–H groups in total. The largest absolute Gasteiger partial charge is 0.493 e. The molecule has 0 spiro atoms. The van der Waals surface area contributed by atoms with E-state index in [9.17, 15) is 9.59 Å². The molecule has 208 valence electrons. The number of aromatic nitrogens is 1. The zero-order valence-electron chi connectivity index (χ0n) is 23.1. The summed E-state index contributed by atoms with van der Waals surface area (Å²) in [6.07, 6.45) is 0. The van der Waals surface area contributed by atoms with Crippen molar-refractivity contribution >= 4 is 56.5 Å². The Labute approximate surface area is 246 Å². The van der Waals surface area contributed by atoms with Gasteiger partial charge in [0.15, 0.2) is 15.8 Å². The van der Waals surface area contributed by atoms with E-state index in [-0.39, 0.29) is 11.8 Å². The summed E-state index contributed by atoms with van der Waals surface area (Å²) in [5.74, 6) is 1.42. The van der Waals surface area contributed by atoms with Crippen LogP contribution in [0.2, 0.25) is 0 Å². The van der Waals surface area contributed by atoms with E-state index in [1.807, 2.05) is 68.4 Å². The number of thioether (sulfide) groups is 1. The standard InChI is InChI=1S/C32H29N3O4S2/c1-19-5-12-25(20(2)15-19)34-30(36)22-8-6-21(7-9-22)18-40-32-35-26-13-11-24(17-29(26)41-32)33-31(37)23-10-14-27(38-3)28(16-23)39-4/h5-17H,18H2,1-4H3,(H,33,37)(H,34,36). The lowest BCUT2D eigenvalue weighted by molar-refractivity contribution is 0.101. The molecule has 5 aromatic rings. The maximum Gasteiger partial charge on any atom is 0.255 e. The first-order valence-electron chi connectivity index (χ1n) is 12.9. The van der Waals surface area contributed by atoms with Crippen LogP contribution in [0.3, 0.4) is 0 Å². The number of nitrogens with zero attached hydrogens (tertiary/aromatic N) is 1. The molecule has 0 aliphatic carbocycles. The Balaban J connectivity index is 1.20. The molecular weight excluding hydrogens is 555 g/mol. The SMILES string of the molecule is COc1ccc(C(=O)Nc2ccc3nc(SCc4ccc(C(=O)Nc5ccc(C)cc5C)cc4)sc3c2)cc1OC. The van der Waals surface area contributed by atoms with Crippen LogP contribution in [0.4, 0.5) is 11.4 Å². The van der Waals surface area contributed by atoms with E-state index in [1.165, 1.54) is 7.11 Å². The number of hydrogen-bond acceptors (Lipinski definition) is 7. The summed E-state index contributed by atoms with van der Waals surface area (Å²) in [5.41, 5.74) is 6.76. The Morgan fingerprint density at radius 2 is 1.54 bits per heavy atom. The zero-order chi connectivity index (χ0) is 28.9. The van der Waals surface area contributed by atoms with Crippen LogP contribution in [-0.2, 0) is 5.75 Å². The van der Waals surface area contributed by atoms with Gasteiger partial charge < -0.3 is 20.1 Å². The molecule has 0 radical (unpaired) electrons. The van der Waals surface area contributed by atoms with Gasteiger partial charge in [0.2, 0.25) is 0 Å². The fourth-order valence-electron chi connectivity index (χ4n) is 4.27. The van der Waals surface area contributed by atoms with E-state index in [0.717, 1.165) is 42.7 Å². The van der Waals surface area contributed by atoms with Gasteiger partial charge in [0.05, 0.1) is 24.4 Å². The maximum atomic E-state index is 12.8. The van der Waals surface area contributed by atoms with Gasteiger partial charge in [-0.05, 0) is 79.6 Å². The van der Waals surface area contributed by atoms with Crippen molar-refractivity contribution in [3.05, 3.63) is 107 Å². The van der Waals surface area contributed by atoms with Crippen LogP contribution in [0.15, 0.2) is 83.2 Å². The number of ether oxygens (including phenoxy) is 2. The van der Waals surface area contributed by atoms with Crippen LogP contribution < -0.4 is 20.1 Å². The Bertz CT molecular complexity index is 1730. The number of anilines is 2. The number of thiazole rings is 1. The maximum absolute atomic E-state index is 12.8. The number of aryl methyl sites for hydroxylation is 2. The molecule has 0 atom stereocenters. The number of rotatable bonds is 9. The molecule has 0 saturated carbocycles. The number of methoxy groups -OCH3 is 2. The zero-order valence-corrected chi connectivity index (χ0v) is 24.7. The number of benzene rings is 4. The van der Waals surface area contributed by atoms with E-state index < -0.39 is 0 Å². The Morgan fingerprint density at radius 3 is 2.27 bits per heavy atom. The van der Waals surface area contributed by atoms with Crippen molar-refractivity contribution in [1.29, 1.82) is 0 Å². The van der Waals surface area contributed by atoms with E-state index in [4.69, 9.17) is 14.5 Å². The predicted molar refractivity (Wildman–Crippen MR) is 167 cm³/mol. The average molecular weight is 584 g/mol. The second kappa shape index (κ2) is 12.4. The highest BCUT2D eigenvalue weighted by molar-refractivity contribution is 8.00. The normalized spacial score (nSPS) is 10.8. The van der Waals surface area contributed by atoms with Gasteiger partial charge in [-0.1, -0.05) is 41.6 Å². The molecule has 7 nitrogen and oxygen atoms in total. The van der Waals surface area contributed by atoms with Crippen molar-refractivity contribution in [1.82, 2.24) is 4.98 Å². The third kappa shape index (κ3) is 6.70. The summed E-state index contributed by atoms with van der Waals surface area (Å²) in [7, 11) is 3.09. The van der Waals surface area contributed by atoms with Gasteiger partial charge in [-0.15, -0.1) is 11.3 Å². The molecule has 5 rings (SSSR count). The number of amides is 2. The molecular formula is C32H29N3O4S2. The van der Waals surface area contributed by atoms with Crippen LogP contribution in [0.5, 0.6) is 11.5 Å². The summed E-state index contributed by atoms with van der Waals surface area (Å²) < 4.78 is 12.5. The first kappa shape index (κ1) is 28.2. The smallest absolute Gasteiger partial charge is 0.255 e. The highest BCUT2D eigenvalue weighted by atomic mass is 32.2. The lowest BCUT2D eigenvalue weighted by atomic mass is 10.1. The number of nitrogens with one attached hydrogen (secondary N) is 2. The van der Waals surface area contributed by atoms with Crippen molar-refractivity contribution in [2.75, 3.05) is 24.9 Å². The van der Waals surface area contributed by atoms with Crippen molar-refractivity contribution in [2.45, 2.75) is 23.9 Å². The van der Waals surface area contributed by atoms with Crippen molar-refractivity contribution in [3.63, 3.8) is 0 Å². The molecule has 9 heteroatoms. The Hall–Kier alpha value is -4.34. The molecule has 0 aliphatic rings. The van der Waals surface area contributed by atoms with Gasteiger partial charge in [0.1, 0.15) is 0 Å². The third-order valence-electron chi connectivity index (χ3n) is 6.48. The fourth-order valence-corrected chi connectivity index (χ4v) is 6.33. The topological polar surface area (TPSA) is 89.5 Å². The van der Waals surface area contributed by atoms with E-state index in [2.05, 4.69) is 16.7 Å². The molecule has 0 bridgehead atoms. The van der Waals surface area contributed by atoms with Crippen molar-refractivity contribution < 1.29 is 19.1 Å². The van der Waals surface area contributed by atoms with Crippen molar-refractivity contribution in [2.24, 2.45) is 0 Å². The molecule has 0 aliphatic heterocycles. The van der Waals surface area contributed by atoms with Gasteiger partial charge in [-0.2, -0.15) is 0 Å². The van der Waals surface area contributed by atoms with Crippen LogP contribution in [0.25, 0.3) is 10.2 Å². The first-order chi connectivity index (χ1) is 19.8. The van der Waals surface area contributed by atoms with Gasteiger partial charge in [0.25, 0.3) is 11.8 Å². The summed E-state index contributed by atoms with van der Waals surface area (Å²) in [6.45, 7) is 4.02. The molecule has 0 fully saturated rings. The second-order valence-electron chi connectivity index (χ2n) is 9.44. The minimum absolute atomic E-state index is 0.128. The number of carbonyl (C=O) groups excluding carboxylic acids is 2. The minimum Gasteiger partial charge on any atom is -0.493 e. The fraction of sp³-hybridized carbons (Fsp3) is 0.156.